The summed E-state index contributed by atoms with van der Waals surface area (Å²) in [7, 11) is -2.01. The Kier molecular flexibility index (Phi) is 5.02. The highest BCUT2D eigenvalue weighted by atomic mass is 28.4. The maximum atomic E-state index is 12.2. The molecule has 0 spiro atoms. The summed E-state index contributed by atoms with van der Waals surface area (Å²) in [5.74, 6) is -0.733. The third-order valence-electron chi connectivity index (χ3n) is 4.42. The maximum Gasteiger partial charge on any atom is 0.324 e. The first-order valence-corrected chi connectivity index (χ1v) is 10.1. The van der Waals surface area contributed by atoms with Crippen molar-refractivity contribution in [2.75, 3.05) is 19.8 Å². The minimum Gasteiger partial charge on any atom is -0.465 e. The van der Waals surface area contributed by atoms with E-state index in [1.807, 2.05) is 0 Å². The molecule has 0 aromatic rings. The Hall–Kier alpha value is -0.883. The molecule has 0 aromatic carbocycles. The Morgan fingerprint density at radius 2 is 2.00 bits per heavy atom. The fourth-order valence-corrected chi connectivity index (χ4v) is 2.89. The first kappa shape index (κ1) is 17.2. The van der Waals surface area contributed by atoms with E-state index >= 15 is 0 Å². The van der Waals surface area contributed by atoms with Gasteiger partial charge < -0.3 is 14.5 Å². The molecular formula is C14H27NO4Si. The van der Waals surface area contributed by atoms with Crippen molar-refractivity contribution in [2.45, 2.75) is 52.2 Å². The minimum absolute atomic E-state index is 0.0396. The first-order chi connectivity index (χ1) is 9.07. The normalized spacial score (nSPS) is 23.6. The Balaban J connectivity index is 2.88. The monoisotopic (exact) mass is 301 g/mol. The molecule has 1 aliphatic heterocycles. The molecule has 116 valence electrons. The van der Waals surface area contributed by atoms with Crippen molar-refractivity contribution in [1.29, 1.82) is 0 Å². The summed E-state index contributed by atoms with van der Waals surface area (Å²) < 4.78 is 11.2. The number of ether oxygens (including phenoxy) is 1. The molecule has 1 N–H and O–H groups in total. The SMILES string of the molecule is CCOC(=O)C1(CO[Si](C)(C)C(C)(C)C)CCNC1=O. The van der Waals surface area contributed by atoms with E-state index < -0.39 is 19.7 Å². The van der Waals surface area contributed by atoms with Gasteiger partial charge in [0.1, 0.15) is 0 Å². The molecule has 0 bridgehead atoms. The second-order valence-electron chi connectivity index (χ2n) is 6.86. The Labute approximate surface area is 122 Å². The van der Waals surface area contributed by atoms with Crippen LogP contribution in [0.2, 0.25) is 18.1 Å². The molecule has 0 radical (unpaired) electrons. The van der Waals surface area contributed by atoms with Gasteiger partial charge in [-0.05, 0) is 31.5 Å². The van der Waals surface area contributed by atoms with Gasteiger partial charge in [0, 0.05) is 6.54 Å². The molecule has 1 amide bonds. The third-order valence-corrected chi connectivity index (χ3v) is 8.90. The molecule has 0 saturated carbocycles. The van der Waals surface area contributed by atoms with Gasteiger partial charge in [0.2, 0.25) is 5.91 Å². The van der Waals surface area contributed by atoms with E-state index in [1.54, 1.807) is 6.92 Å². The predicted octanol–water partition coefficient (Wildman–Crippen LogP) is 2.08. The fraction of sp³-hybridized carbons (Fsp3) is 0.857. The second kappa shape index (κ2) is 5.85. The number of carbonyl (C=O) groups is 2. The first-order valence-electron chi connectivity index (χ1n) is 7.16. The van der Waals surface area contributed by atoms with Crippen molar-refractivity contribution in [3.63, 3.8) is 0 Å². The van der Waals surface area contributed by atoms with Crippen molar-refractivity contribution < 1.29 is 18.8 Å². The van der Waals surface area contributed by atoms with Crippen LogP contribution in [0, 0.1) is 5.41 Å². The lowest BCUT2D eigenvalue weighted by Gasteiger charge is -2.38. The van der Waals surface area contributed by atoms with Crippen LogP contribution in [0.4, 0.5) is 0 Å². The second-order valence-corrected chi connectivity index (χ2v) is 11.7. The van der Waals surface area contributed by atoms with Gasteiger partial charge in [0.25, 0.3) is 0 Å². The van der Waals surface area contributed by atoms with Crippen molar-refractivity contribution in [2.24, 2.45) is 5.41 Å². The summed E-state index contributed by atoms with van der Waals surface area (Å²) in [6, 6.07) is 0. The summed E-state index contributed by atoms with van der Waals surface area (Å²) in [6.45, 7) is 13.2. The number of rotatable bonds is 5. The van der Waals surface area contributed by atoms with Crippen LogP contribution < -0.4 is 5.32 Å². The molecule has 1 unspecified atom stereocenters. The number of carbonyl (C=O) groups excluding carboxylic acids is 2. The van der Waals surface area contributed by atoms with Crippen LogP contribution in [-0.2, 0) is 18.8 Å². The van der Waals surface area contributed by atoms with E-state index in [9.17, 15) is 9.59 Å². The molecule has 1 atom stereocenters. The Morgan fingerprint density at radius 1 is 1.40 bits per heavy atom. The molecule has 0 aliphatic carbocycles. The van der Waals surface area contributed by atoms with E-state index in [0.29, 0.717) is 13.0 Å². The van der Waals surface area contributed by atoms with Gasteiger partial charge in [0.05, 0.1) is 13.2 Å². The summed E-state index contributed by atoms with van der Waals surface area (Å²) in [4.78, 5) is 24.3. The summed E-state index contributed by atoms with van der Waals surface area (Å²) >= 11 is 0. The number of amides is 1. The highest BCUT2D eigenvalue weighted by Gasteiger charge is 2.52. The van der Waals surface area contributed by atoms with Crippen LogP contribution in [0.5, 0.6) is 0 Å². The molecule has 6 heteroatoms. The van der Waals surface area contributed by atoms with E-state index in [-0.39, 0.29) is 24.2 Å². The lowest BCUT2D eigenvalue weighted by Crippen LogP contribution is -2.49. The highest BCUT2D eigenvalue weighted by molar-refractivity contribution is 6.74. The van der Waals surface area contributed by atoms with Gasteiger partial charge in [-0.1, -0.05) is 20.8 Å². The molecule has 1 rings (SSSR count). The van der Waals surface area contributed by atoms with Gasteiger partial charge in [-0.15, -0.1) is 0 Å². The molecule has 0 aromatic heterocycles. The summed E-state index contributed by atoms with van der Waals surface area (Å²) in [5.41, 5.74) is -1.16. The van der Waals surface area contributed by atoms with Crippen molar-refractivity contribution in [3.05, 3.63) is 0 Å². The van der Waals surface area contributed by atoms with Crippen LogP contribution in [-0.4, -0.2) is 40.0 Å². The van der Waals surface area contributed by atoms with Gasteiger partial charge in [-0.3, -0.25) is 9.59 Å². The maximum absolute atomic E-state index is 12.2. The average Bonchev–Trinajstić information content (AvgIpc) is 2.68. The fourth-order valence-electron chi connectivity index (χ4n) is 1.85. The van der Waals surface area contributed by atoms with E-state index in [4.69, 9.17) is 9.16 Å². The molecule has 1 aliphatic rings. The zero-order valence-electron chi connectivity index (χ0n) is 13.5. The zero-order chi connectivity index (χ0) is 15.6. The van der Waals surface area contributed by atoms with Crippen LogP contribution >= 0.6 is 0 Å². The van der Waals surface area contributed by atoms with E-state index in [1.165, 1.54) is 0 Å². The van der Waals surface area contributed by atoms with Gasteiger partial charge in [-0.2, -0.15) is 0 Å². The Morgan fingerprint density at radius 3 is 2.40 bits per heavy atom. The molecule has 5 nitrogen and oxygen atoms in total. The lowest BCUT2D eigenvalue weighted by molar-refractivity contribution is -0.161. The van der Waals surface area contributed by atoms with Crippen LogP contribution in [0.1, 0.15) is 34.1 Å². The standard InChI is InChI=1S/C14H27NO4Si/c1-7-18-12(17)14(8-9-15-11(14)16)10-19-20(5,6)13(2,3)4/h7-10H2,1-6H3,(H,15,16). The smallest absolute Gasteiger partial charge is 0.324 e. The number of hydrogen-bond acceptors (Lipinski definition) is 4. The molecule has 1 heterocycles. The summed E-state index contributed by atoms with van der Waals surface area (Å²) in [5, 5.41) is 2.76. The lowest BCUT2D eigenvalue weighted by atomic mass is 9.87. The van der Waals surface area contributed by atoms with E-state index in [2.05, 4.69) is 39.2 Å². The quantitative estimate of drug-likeness (QED) is 0.480. The van der Waals surface area contributed by atoms with Crippen LogP contribution in [0.15, 0.2) is 0 Å². The van der Waals surface area contributed by atoms with Gasteiger partial charge in [-0.25, -0.2) is 0 Å². The molecular weight excluding hydrogens is 274 g/mol. The van der Waals surface area contributed by atoms with Crippen molar-refractivity contribution in [1.82, 2.24) is 5.32 Å². The zero-order valence-corrected chi connectivity index (χ0v) is 14.5. The molecule has 1 saturated heterocycles. The van der Waals surface area contributed by atoms with Gasteiger partial charge in [0.15, 0.2) is 13.7 Å². The largest absolute Gasteiger partial charge is 0.465 e. The Bertz CT molecular complexity index is 389. The topological polar surface area (TPSA) is 64.6 Å². The molecule has 20 heavy (non-hydrogen) atoms. The van der Waals surface area contributed by atoms with Crippen LogP contribution in [0.3, 0.4) is 0 Å². The van der Waals surface area contributed by atoms with Crippen molar-refractivity contribution >= 4 is 20.2 Å². The number of hydrogen-bond donors (Lipinski definition) is 1. The number of esters is 1. The average molecular weight is 301 g/mol. The number of nitrogens with one attached hydrogen (secondary N) is 1. The van der Waals surface area contributed by atoms with Crippen molar-refractivity contribution in [3.8, 4) is 0 Å². The van der Waals surface area contributed by atoms with E-state index in [0.717, 1.165) is 0 Å². The summed E-state index contributed by atoms with van der Waals surface area (Å²) in [6.07, 6.45) is 0.444. The predicted molar refractivity (Wildman–Crippen MR) is 79.8 cm³/mol. The highest BCUT2D eigenvalue weighted by Crippen LogP contribution is 2.39. The van der Waals surface area contributed by atoms with Gasteiger partial charge >= 0.3 is 5.97 Å². The van der Waals surface area contributed by atoms with Crippen LogP contribution in [0.25, 0.3) is 0 Å². The molecule has 1 fully saturated rings. The minimum atomic E-state index is -2.01. The third kappa shape index (κ3) is 3.23.